The molecule has 0 aliphatic heterocycles. The highest BCUT2D eigenvalue weighted by Gasteiger charge is 2.15. The van der Waals surface area contributed by atoms with Crippen molar-refractivity contribution in [2.75, 3.05) is 5.32 Å². The number of nitrogens with zero attached hydrogens (tertiary/aromatic N) is 1. The molecule has 0 radical (unpaired) electrons. The fourth-order valence-electron chi connectivity index (χ4n) is 3.62. The lowest BCUT2D eigenvalue weighted by Crippen LogP contribution is -2.16. The third-order valence-electron chi connectivity index (χ3n) is 5.19. The van der Waals surface area contributed by atoms with Gasteiger partial charge >= 0.3 is 5.97 Å². The van der Waals surface area contributed by atoms with Crippen LogP contribution in [0, 0.1) is 17.0 Å². The average molecular weight is 429 g/mol. The summed E-state index contributed by atoms with van der Waals surface area (Å²) in [5.41, 5.74) is 4.15. The minimum Gasteiger partial charge on any atom is -0.478 e. The molecule has 1 heterocycles. The third kappa shape index (κ3) is 4.20. The number of carbonyl (C=O) groups excluding carboxylic acids is 1. The Bertz CT molecular complexity index is 1370. The summed E-state index contributed by atoms with van der Waals surface area (Å²) in [4.78, 5) is 37.9. The molecule has 8 heteroatoms. The van der Waals surface area contributed by atoms with Crippen LogP contribution in [0.3, 0.4) is 0 Å². The predicted octanol–water partition coefficient (Wildman–Crippen LogP) is 4.93. The van der Waals surface area contributed by atoms with Crippen molar-refractivity contribution in [1.29, 1.82) is 0 Å². The van der Waals surface area contributed by atoms with Crippen molar-refractivity contribution in [2.24, 2.45) is 0 Å². The number of aryl methyl sites for hydroxylation is 1. The van der Waals surface area contributed by atoms with E-state index in [1.165, 1.54) is 18.2 Å². The highest BCUT2D eigenvalue weighted by Crippen LogP contribution is 2.29. The van der Waals surface area contributed by atoms with E-state index in [-0.39, 0.29) is 29.3 Å². The Kier molecular flexibility index (Phi) is 5.43. The number of nitro groups is 1. The summed E-state index contributed by atoms with van der Waals surface area (Å²) in [5, 5.41) is 24.0. The molecule has 8 nitrogen and oxygen atoms in total. The number of fused-ring (bicyclic) bond motifs is 1. The van der Waals surface area contributed by atoms with Gasteiger partial charge in [0.15, 0.2) is 0 Å². The van der Waals surface area contributed by atoms with E-state index >= 15 is 0 Å². The van der Waals surface area contributed by atoms with Gasteiger partial charge < -0.3 is 15.4 Å². The molecule has 3 N–H and O–H groups in total. The smallest absolute Gasteiger partial charge is 0.337 e. The SMILES string of the molecule is Cc1ccc(C(=O)O)c(NC(=O)Cc2c[nH]c3ccc(-c4cccc([N+](=O)[O-])c4)cc23)c1. The first-order valence-corrected chi connectivity index (χ1v) is 9.80. The number of carboxylic acids is 1. The van der Waals surface area contributed by atoms with Gasteiger partial charge in [-0.25, -0.2) is 4.79 Å². The van der Waals surface area contributed by atoms with Gasteiger partial charge in [-0.1, -0.05) is 24.3 Å². The van der Waals surface area contributed by atoms with Crippen LogP contribution in [0.4, 0.5) is 11.4 Å². The number of aromatic amines is 1. The van der Waals surface area contributed by atoms with Crippen molar-refractivity contribution in [1.82, 2.24) is 4.98 Å². The molecule has 1 aromatic heterocycles. The number of carboxylic acid groups (broad SMARTS) is 1. The lowest BCUT2D eigenvalue weighted by Gasteiger charge is -2.09. The highest BCUT2D eigenvalue weighted by molar-refractivity contribution is 6.02. The lowest BCUT2D eigenvalue weighted by atomic mass is 10.0. The highest BCUT2D eigenvalue weighted by atomic mass is 16.6. The van der Waals surface area contributed by atoms with Gasteiger partial charge in [0.05, 0.1) is 22.6 Å². The first-order valence-electron chi connectivity index (χ1n) is 9.80. The minimum absolute atomic E-state index is 0.00339. The summed E-state index contributed by atoms with van der Waals surface area (Å²) in [6.07, 6.45) is 1.77. The number of amides is 1. The number of carbonyl (C=O) groups is 2. The normalized spacial score (nSPS) is 10.8. The second-order valence-corrected chi connectivity index (χ2v) is 7.46. The van der Waals surface area contributed by atoms with Crippen LogP contribution in [0.5, 0.6) is 0 Å². The zero-order valence-corrected chi connectivity index (χ0v) is 17.1. The molecule has 0 fully saturated rings. The van der Waals surface area contributed by atoms with Crippen molar-refractivity contribution >= 4 is 34.2 Å². The van der Waals surface area contributed by atoms with Crippen LogP contribution in [0.2, 0.25) is 0 Å². The molecular formula is C24H19N3O5. The summed E-state index contributed by atoms with van der Waals surface area (Å²) in [5.74, 6) is -1.46. The molecule has 3 aromatic carbocycles. The van der Waals surface area contributed by atoms with Gasteiger partial charge in [0, 0.05) is 29.2 Å². The fourth-order valence-corrected chi connectivity index (χ4v) is 3.62. The molecule has 1 amide bonds. The Labute approximate surface area is 182 Å². The monoisotopic (exact) mass is 429 g/mol. The maximum Gasteiger partial charge on any atom is 0.337 e. The maximum atomic E-state index is 12.7. The van der Waals surface area contributed by atoms with Crippen LogP contribution < -0.4 is 5.32 Å². The zero-order valence-electron chi connectivity index (χ0n) is 17.1. The van der Waals surface area contributed by atoms with Crippen LogP contribution >= 0.6 is 0 Å². The number of anilines is 1. The van der Waals surface area contributed by atoms with E-state index in [1.54, 1.807) is 30.5 Å². The van der Waals surface area contributed by atoms with Crippen LogP contribution in [0.15, 0.2) is 66.9 Å². The lowest BCUT2D eigenvalue weighted by molar-refractivity contribution is -0.384. The Balaban J connectivity index is 1.62. The van der Waals surface area contributed by atoms with Gasteiger partial charge in [-0.2, -0.15) is 0 Å². The Morgan fingerprint density at radius 2 is 1.84 bits per heavy atom. The number of hydrogen-bond acceptors (Lipinski definition) is 4. The van der Waals surface area contributed by atoms with E-state index in [9.17, 15) is 24.8 Å². The van der Waals surface area contributed by atoms with E-state index < -0.39 is 10.9 Å². The molecule has 0 aliphatic rings. The molecule has 0 atom stereocenters. The van der Waals surface area contributed by atoms with E-state index in [0.717, 1.165) is 27.6 Å². The van der Waals surface area contributed by atoms with Crippen molar-refractivity contribution in [3.05, 3.63) is 93.7 Å². The van der Waals surface area contributed by atoms with E-state index in [4.69, 9.17) is 0 Å². The molecule has 0 bridgehead atoms. The number of nitrogens with one attached hydrogen (secondary N) is 2. The summed E-state index contributed by atoms with van der Waals surface area (Å²) < 4.78 is 0. The van der Waals surface area contributed by atoms with E-state index in [0.29, 0.717) is 5.56 Å². The number of H-pyrrole nitrogens is 1. The van der Waals surface area contributed by atoms with Gasteiger partial charge in [0.2, 0.25) is 5.91 Å². The van der Waals surface area contributed by atoms with Crippen LogP contribution in [-0.2, 0) is 11.2 Å². The Morgan fingerprint density at radius 3 is 2.59 bits per heavy atom. The largest absolute Gasteiger partial charge is 0.478 e. The third-order valence-corrected chi connectivity index (χ3v) is 5.19. The molecule has 0 spiro atoms. The summed E-state index contributed by atoms with van der Waals surface area (Å²) in [6, 6.07) is 16.7. The van der Waals surface area contributed by atoms with Crippen LogP contribution in [0.25, 0.3) is 22.0 Å². The number of aromatic nitrogens is 1. The zero-order chi connectivity index (χ0) is 22.8. The molecule has 0 saturated carbocycles. The second-order valence-electron chi connectivity index (χ2n) is 7.46. The molecule has 4 rings (SSSR count). The Morgan fingerprint density at radius 1 is 1.06 bits per heavy atom. The maximum absolute atomic E-state index is 12.7. The van der Waals surface area contributed by atoms with Gasteiger partial charge in [0.25, 0.3) is 5.69 Å². The number of benzene rings is 3. The number of rotatable bonds is 6. The first kappa shape index (κ1) is 20.8. The van der Waals surface area contributed by atoms with Crippen LogP contribution in [0.1, 0.15) is 21.5 Å². The summed E-state index contributed by atoms with van der Waals surface area (Å²) in [6.45, 7) is 1.82. The molecule has 4 aromatic rings. The fraction of sp³-hybridized carbons (Fsp3) is 0.0833. The van der Waals surface area contributed by atoms with Gasteiger partial charge in [-0.15, -0.1) is 0 Å². The molecular weight excluding hydrogens is 410 g/mol. The first-order chi connectivity index (χ1) is 15.3. The van der Waals surface area contributed by atoms with Crippen molar-refractivity contribution in [3.63, 3.8) is 0 Å². The molecule has 0 unspecified atom stereocenters. The van der Waals surface area contributed by atoms with Crippen molar-refractivity contribution in [2.45, 2.75) is 13.3 Å². The molecule has 32 heavy (non-hydrogen) atoms. The Hall–Kier alpha value is -4.46. The van der Waals surface area contributed by atoms with Gasteiger partial charge in [-0.3, -0.25) is 14.9 Å². The van der Waals surface area contributed by atoms with E-state index in [1.807, 2.05) is 25.1 Å². The van der Waals surface area contributed by atoms with Crippen molar-refractivity contribution < 1.29 is 19.6 Å². The number of aromatic carboxylic acids is 1. The molecule has 160 valence electrons. The summed E-state index contributed by atoms with van der Waals surface area (Å²) >= 11 is 0. The molecule has 0 saturated heterocycles. The topological polar surface area (TPSA) is 125 Å². The second kappa shape index (κ2) is 8.35. The minimum atomic E-state index is -1.12. The number of non-ortho nitro benzene ring substituents is 1. The van der Waals surface area contributed by atoms with Gasteiger partial charge in [0.1, 0.15) is 0 Å². The molecule has 0 aliphatic carbocycles. The quantitative estimate of drug-likeness (QED) is 0.296. The average Bonchev–Trinajstić information content (AvgIpc) is 3.15. The van der Waals surface area contributed by atoms with Crippen LogP contribution in [-0.4, -0.2) is 26.9 Å². The summed E-state index contributed by atoms with van der Waals surface area (Å²) in [7, 11) is 0. The number of hydrogen-bond donors (Lipinski definition) is 3. The van der Waals surface area contributed by atoms with Gasteiger partial charge in [-0.05, 0) is 53.4 Å². The van der Waals surface area contributed by atoms with Crippen molar-refractivity contribution in [3.8, 4) is 11.1 Å². The predicted molar refractivity (Wildman–Crippen MR) is 121 cm³/mol. The van der Waals surface area contributed by atoms with E-state index in [2.05, 4.69) is 10.3 Å². The number of nitro benzene ring substituents is 1. The standard InChI is InChI=1S/C24H19N3O5/c1-14-5-7-19(24(29)30)22(9-14)26-23(28)12-17-13-25-21-8-6-16(11-20(17)21)15-3-2-4-18(10-15)27(31)32/h2-11,13,25H,12H2,1H3,(H,26,28)(H,29,30).